The van der Waals surface area contributed by atoms with E-state index in [-0.39, 0.29) is 12.1 Å². The molecule has 1 N–H and O–H groups in total. The van der Waals surface area contributed by atoms with Gasteiger partial charge in [0.25, 0.3) is 0 Å². The number of nitrogens with one attached hydrogen (secondary N) is 1. The molecule has 0 radical (unpaired) electrons. The molecule has 0 bridgehead atoms. The van der Waals surface area contributed by atoms with Crippen LogP contribution in [0.5, 0.6) is 0 Å². The largest absolute Gasteiger partial charge is 0.378 e. The van der Waals surface area contributed by atoms with E-state index in [1.54, 1.807) is 6.21 Å². The standard InChI is InChI=1S/C15H22N4/c1-13(2)19-15(8-5-4-6-9-15)14(17-3)7-11-18-12-10-16/h7,11,19H,1,3-6,8-9,12H2,2H3/b14-7-,18-11-. The van der Waals surface area contributed by atoms with Crippen molar-refractivity contribution in [3.05, 3.63) is 24.0 Å². The van der Waals surface area contributed by atoms with Gasteiger partial charge in [0.05, 0.1) is 17.3 Å². The molecule has 0 aromatic rings. The van der Waals surface area contributed by atoms with Crippen LogP contribution in [-0.2, 0) is 0 Å². The maximum absolute atomic E-state index is 8.46. The Morgan fingerprint density at radius 1 is 1.42 bits per heavy atom. The molecule has 1 aliphatic rings. The second kappa shape index (κ2) is 7.52. The third-order valence-corrected chi connectivity index (χ3v) is 3.32. The molecule has 1 aliphatic carbocycles. The molecule has 0 aromatic heterocycles. The van der Waals surface area contributed by atoms with E-state index in [4.69, 9.17) is 5.26 Å². The van der Waals surface area contributed by atoms with Crippen LogP contribution in [0.4, 0.5) is 0 Å². The molecule has 1 rings (SSSR count). The third-order valence-electron chi connectivity index (χ3n) is 3.32. The van der Waals surface area contributed by atoms with Gasteiger partial charge in [-0.1, -0.05) is 25.8 Å². The van der Waals surface area contributed by atoms with Gasteiger partial charge in [0.2, 0.25) is 0 Å². The van der Waals surface area contributed by atoms with Gasteiger partial charge in [0, 0.05) is 11.9 Å². The fourth-order valence-corrected chi connectivity index (χ4v) is 2.59. The smallest absolute Gasteiger partial charge is 0.126 e. The monoisotopic (exact) mass is 258 g/mol. The Kier molecular flexibility index (Phi) is 6.01. The third kappa shape index (κ3) is 4.36. The average Bonchev–Trinajstić information content (AvgIpc) is 2.39. The Morgan fingerprint density at radius 2 is 2.11 bits per heavy atom. The van der Waals surface area contributed by atoms with Crippen molar-refractivity contribution in [3.8, 4) is 6.07 Å². The maximum Gasteiger partial charge on any atom is 0.126 e. The van der Waals surface area contributed by atoms with Crippen molar-refractivity contribution in [3.63, 3.8) is 0 Å². The van der Waals surface area contributed by atoms with Crippen molar-refractivity contribution in [1.82, 2.24) is 5.32 Å². The Hall–Kier alpha value is -1.89. The van der Waals surface area contributed by atoms with Crippen LogP contribution in [0.15, 0.2) is 34.0 Å². The van der Waals surface area contributed by atoms with Gasteiger partial charge < -0.3 is 5.32 Å². The van der Waals surface area contributed by atoms with E-state index in [0.29, 0.717) is 0 Å². The summed E-state index contributed by atoms with van der Waals surface area (Å²) in [4.78, 5) is 8.15. The van der Waals surface area contributed by atoms with Crippen LogP contribution in [0, 0.1) is 11.3 Å². The molecule has 0 aliphatic heterocycles. The molecule has 19 heavy (non-hydrogen) atoms. The molecule has 0 aromatic carbocycles. The summed E-state index contributed by atoms with van der Waals surface area (Å²) in [5, 5.41) is 11.9. The number of rotatable bonds is 6. The van der Waals surface area contributed by atoms with Crippen molar-refractivity contribution in [2.24, 2.45) is 9.98 Å². The Morgan fingerprint density at radius 3 is 2.63 bits per heavy atom. The lowest BCUT2D eigenvalue weighted by Crippen LogP contribution is -2.47. The quantitative estimate of drug-likeness (QED) is 0.588. The molecule has 0 atom stereocenters. The fraction of sp³-hybridized carbons (Fsp3) is 0.533. The zero-order chi connectivity index (χ0) is 14.1. The number of nitriles is 1. The number of nitrogens with zero attached hydrogens (tertiary/aromatic N) is 3. The molecule has 0 unspecified atom stereocenters. The minimum absolute atomic E-state index is 0.168. The van der Waals surface area contributed by atoms with Crippen LogP contribution in [0.3, 0.4) is 0 Å². The SMILES string of the molecule is C=N/C(=C\C=N/CC#N)C1(NC(=C)C)CCCCC1. The predicted molar refractivity (Wildman–Crippen MR) is 80.4 cm³/mol. The summed E-state index contributed by atoms with van der Waals surface area (Å²) in [7, 11) is 0. The van der Waals surface area contributed by atoms with Gasteiger partial charge in [0.15, 0.2) is 0 Å². The summed E-state index contributed by atoms with van der Waals surface area (Å²) in [5.74, 6) is 0. The van der Waals surface area contributed by atoms with Gasteiger partial charge in [-0.3, -0.25) is 9.98 Å². The van der Waals surface area contributed by atoms with E-state index in [9.17, 15) is 0 Å². The molecular weight excluding hydrogens is 236 g/mol. The van der Waals surface area contributed by atoms with E-state index in [1.165, 1.54) is 19.3 Å². The van der Waals surface area contributed by atoms with Crippen LogP contribution in [0.25, 0.3) is 0 Å². The second-order valence-electron chi connectivity index (χ2n) is 4.91. The topological polar surface area (TPSA) is 60.5 Å². The highest BCUT2D eigenvalue weighted by Gasteiger charge is 2.35. The first-order valence-electron chi connectivity index (χ1n) is 6.62. The average molecular weight is 258 g/mol. The molecule has 4 nitrogen and oxygen atoms in total. The van der Waals surface area contributed by atoms with Gasteiger partial charge in [-0.05, 0) is 32.6 Å². The fourth-order valence-electron chi connectivity index (χ4n) is 2.59. The van der Waals surface area contributed by atoms with Crippen molar-refractivity contribution in [2.45, 2.75) is 44.6 Å². The van der Waals surface area contributed by atoms with Gasteiger partial charge in [-0.2, -0.15) is 5.26 Å². The van der Waals surface area contributed by atoms with Crippen LogP contribution in [0.1, 0.15) is 39.0 Å². The van der Waals surface area contributed by atoms with Crippen LogP contribution in [-0.4, -0.2) is 25.0 Å². The minimum Gasteiger partial charge on any atom is -0.378 e. The van der Waals surface area contributed by atoms with Gasteiger partial charge in [-0.15, -0.1) is 0 Å². The van der Waals surface area contributed by atoms with Gasteiger partial charge in [-0.25, -0.2) is 0 Å². The number of allylic oxidation sites excluding steroid dienone is 2. The molecular formula is C15H22N4. The summed E-state index contributed by atoms with van der Waals surface area (Å²) < 4.78 is 0. The number of hydrogen-bond acceptors (Lipinski definition) is 4. The summed E-state index contributed by atoms with van der Waals surface area (Å²) in [6, 6.07) is 1.98. The van der Waals surface area contributed by atoms with Crippen LogP contribution < -0.4 is 5.32 Å². The van der Waals surface area contributed by atoms with Crippen molar-refractivity contribution in [1.29, 1.82) is 5.26 Å². The number of hydrogen-bond donors (Lipinski definition) is 1. The molecule has 102 valence electrons. The van der Waals surface area contributed by atoms with E-state index in [0.717, 1.165) is 24.2 Å². The van der Waals surface area contributed by atoms with E-state index in [2.05, 4.69) is 28.6 Å². The first-order valence-corrected chi connectivity index (χ1v) is 6.62. The van der Waals surface area contributed by atoms with Gasteiger partial charge >= 0.3 is 0 Å². The second-order valence-corrected chi connectivity index (χ2v) is 4.91. The lowest BCUT2D eigenvalue weighted by Gasteiger charge is -2.39. The minimum atomic E-state index is -0.176. The Bertz CT molecular complexity index is 420. The highest BCUT2D eigenvalue weighted by atomic mass is 15.0. The summed E-state index contributed by atoms with van der Waals surface area (Å²) >= 11 is 0. The lowest BCUT2D eigenvalue weighted by molar-refractivity contribution is 0.293. The lowest BCUT2D eigenvalue weighted by atomic mass is 9.79. The summed E-state index contributed by atoms with van der Waals surface area (Å²) in [6.07, 6.45) is 9.14. The van der Waals surface area contributed by atoms with Crippen molar-refractivity contribution < 1.29 is 0 Å². The highest BCUT2D eigenvalue weighted by molar-refractivity contribution is 5.73. The number of aliphatic imine (C=N–C) groups is 2. The van der Waals surface area contributed by atoms with Crippen LogP contribution in [0.2, 0.25) is 0 Å². The molecule has 0 heterocycles. The normalized spacial score (nSPS) is 18.8. The van der Waals surface area contributed by atoms with E-state index >= 15 is 0 Å². The zero-order valence-electron chi connectivity index (χ0n) is 11.7. The Balaban J connectivity index is 2.96. The molecule has 0 amide bonds. The highest BCUT2D eigenvalue weighted by Crippen LogP contribution is 2.35. The molecule has 0 spiro atoms. The van der Waals surface area contributed by atoms with E-state index < -0.39 is 0 Å². The first kappa shape index (κ1) is 15.2. The summed E-state index contributed by atoms with van der Waals surface area (Å²) in [5.41, 5.74) is 1.65. The van der Waals surface area contributed by atoms with Crippen LogP contribution >= 0.6 is 0 Å². The molecule has 1 fully saturated rings. The molecule has 4 heteroatoms. The molecule has 1 saturated carbocycles. The van der Waals surface area contributed by atoms with Crippen molar-refractivity contribution >= 4 is 12.9 Å². The van der Waals surface area contributed by atoms with Gasteiger partial charge in [0.1, 0.15) is 6.54 Å². The maximum atomic E-state index is 8.46. The molecule has 0 saturated heterocycles. The van der Waals surface area contributed by atoms with Crippen molar-refractivity contribution in [2.75, 3.05) is 6.54 Å². The Labute approximate surface area is 115 Å². The summed E-state index contributed by atoms with van der Waals surface area (Å²) in [6.45, 7) is 9.74. The first-order chi connectivity index (χ1) is 9.14. The predicted octanol–water partition coefficient (Wildman–Crippen LogP) is 2.99. The zero-order valence-corrected chi connectivity index (χ0v) is 11.7. The van der Waals surface area contributed by atoms with E-state index in [1.807, 2.05) is 19.1 Å².